The Bertz CT molecular complexity index is 406. The van der Waals surface area contributed by atoms with Gasteiger partial charge >= 0.3 is 6.18 Å². The average molecular weight is 273 g/mol. The average Bonchev–Trinajstić information content (AvgIpc) is 2.15. The number of hydrogen-bond acceptors (Lipinski definition) is 2. The van der Waals surface area contributed by atoms with Crippen LogP contribution in [-0.2, 0) is 6.42 Å². The predicted octanol–water partition coefficient (Wildman–Crippen LogP) is 2.95. The van der Waals surface area contributed by atoms with Crippen LogP contribution in [0.1, 0.15) is 5.56 Å². The van der Waals surface area contributed by atoms with Gasteiger partial charge in [-0.15, -0.1) is 0 Å². The maximum absolute atomic E-state index is 13.3. The summed E-state index contributed by atoms with van der Waals surface area (Å²) >= 11 is 5.52. The van der Waals surface area contributed by atoms with Crippen LogP contribution in [0.3, 0.4) is 0 Å². The number of hydrogen-bond donors (Lipinski definition) is 1. The third-order valence-electron chi connectivity index (χ3n) is 2.08. The number of rotatable bonds is 3. The van der Waals surface area contributed by atoms with E-state index in [0.29, 0.717) is 0 Å². The second-order valence-corrected chi connectivity index (χ2v) is 3.78. The molecule has 17 heavy (non-hydrogen) atoms. The Balaban J connectivity index is 3.05. The Morgan fingerprint density at radius 2 is 2.00 bits per heavy atom. The standard InChI is InChI=1S/C10H9ClF4O2/c1-17-9-5(2-6(11)4-7(9)12)3-8(16)10(13,14)15/h2,4,8,16H,3H2,1H3. The van der Waals surface area contributed by atoms with Crippen LogP contribution in [0.5, 0.6) is 5.75 Å². The highest BCUT2D eigenvalue weighted by atomic mass is 35.5. The summed E-state index contributed by atoms with van der Waals surface area (Å²) in [7, 11) is 1.12. The Morgan fingerprint density at radius 1 is 1.41 bits per heavy atom. The van der Waals surface area contributed by atoms with Crippen LogP contribution < -0.4 is 4.74 Å². The van der Waals surface area contributed by atoms with Crippen LogP contribution in [0.4, 0.5) is 17.6 Å². The Labute approximate surface area is 99.8 Å². The molecule has 1 rings (SSSR count). The van der Waals surface area contributed by atoms with Gasteiger partial charge in [0.2, 0.25) is 0 Å². The van der Waals surface area contributed by atoms with Gasteiger partial charge in [-0.1, -0.05) is 11.6 Å². The molecule has 96 valence electrons. The molecule has 0 fully saturated rings. The first-order chi connectivity index (χ1) is 7.75. The van der Waals surface area contributed by atoms with Gasteiger partial charge in [-0.25, -0.2) is 4.39 Å². The van der Waals surface area contributed by atoms with Gasteiger partial charge in [0.1, 0.15) is 0 Å². The van der Waals surface area contributed by atoms with Crippen molar-refractivity contribution in [3.05, 3.63) is 28.5 Å². The highest BCUT2D eigenvalue weighted by Gasteiger charge is 2.38. The maximum Gasteiger partial charge on any atom is 0.414 e. The second-order valence-electron chi connectivity index (χ2n) is 3.34. The summed E-state index contributed by atoms with van der Waals surface area (Å²) in [5.74, 6) is -1.22. The highest BCUT2D eigenvalue weighted by molar-refractivity contribution is 6.30. The molecule has 0 aliphatic carbocycles. The SMILES string of the molecule is COc1c(F)cc(Cl)cc1CC(O)C(F)(F)F. The zero-order valence-electron chi connectivity index (χ0n) is 8.68. The number of aliphatic hydroxyl groups excluding tert-OH is 1. The van der Waals surface area contributed by atoms with E-state index in [1.54, 1.807) is 0 Å². The van der Waals surface area contributed by atoms with Crippen LogP contribution in [0, 0.1) is 5.82 Å². The summed E-state index contributed by atoms with van der Waals surface area (Å²) in [5, 5.41) is 8.83. The number of halogens is 5. The zero-order chi connectivity index (χ0) is 13.2. The zero-order valence-corrected chi connectivity index (χ0v) is 9.44. The lowest BCUT2D eigenvalue weighted by Gasteiger charge is -2.16. The van der Waals surface area contributed by atoms with Gasteiger partial charge in [0.25, 0.3) is 0 Å². The molecular weight excluding hydrogens is 264 g/mol. The quantitative estimate of drug-likeness (QED) is 0.857. The minimum Gasteiger partial charge on any atom is -0.493 e. The molecule has 0 aromatic heterocycles. The van der Waals surface area contributed by atoms with Crippen LogP contribution in [0.25, 0.3) is 0 Å². The topological polar surface area (TPSA) is 29.5 Å². The smallest absolute Gasteiger partial charge is 0.414 e. The molecule has 0 heterocycles. The molecular formula is C10H9ClF4O2. The highest BCUT2D eigenvalue weighted by Crippen LogP contribution is 2.31. The van der Waals surface area contributed by atoms with Gasteiger partial charge in [0, 0.05) is 17.0 Å². The summed E-state index contributed by atoms with van der Waals surface area (Å²) < 4.78 is 54.4. The van der Waals surface area contributed by atoms with E-state index in [9.17, 15) is 17.6 Å². The van der Waals surface area contributed by atoms with Gasteiger partial charge in [-0.3, -0.25) is 0 Å². The summed E-state index contributed by atoms with van der Waals surface area (Å²) in [6, 6.07) is 2.04. The largest absolute Gasteiger partial charge is 0.493 e. The van der Waals surface area contributed by atoms with E-state index in [4.69, 9.17) is 16.7 Å². The molecule has 0 aliphatic heterocycles. The number of methoxy groups -OCH3 is 1. The van der Waals surface area contributed by atoms with E-state index in [-0.39, 0.29) is 16.3 Å². The summed E-state index contributed by atoms with van der Waals surface area (Å²) in [4.78, 5) is 0. The second kappa shape index (κ2) is 5.10. The molecule has 1 N–H and O–H groups in total. The fourth-order valence-corrected chi connectivity index (χ4v) is 1.55. The summed E-state index contributed by atoms with van der Waals surface area (Å²) in [6.07, 6.45) is -8.18. The summed E-state index contributed by atoms with van der Waals surface area (Å²) in [5.41, 5.74) is -0.137. The van der Waals surface area contributed by atoms with Gasteiger partial charge in [-0.2, -0.15) is 13.2 Å². The van der Waals surface area contributed by atoms with Crippen LogP contribution in [0.15, 0.2) is 12.1 Å². The molecule has 0 amide bonds. The van der Waals surface area contributed by atoms with Crippen molar-refractivity contribution < 1.29 is 27.4 Å². The van der Waals surface area contributed by atoms with Crippen molar-refractivity contribution in [3.8, 4) is 5.75 Å². The third kappa shape index (κ3) is 3.47. The fourth-order valence-electron chi connectivity index (χ4n) is 1.32. The van der Waals surface area contributed by atoms with E-state index in [1.807, 2.05) is 0 Å². The lowest BCUT2D eigenvalue weighted by atomic mass is 10.1. The fraction of sp³-hybridized carbons (Fsp3) is 0.400. The van der Waals surface area contributed by atoms with Crippen molar-refractivity contribution in [2.45, 2.75) is 18.7 Å². The molecule has 0 radical (unpaired) electrons. The molecule has 7 heteroatoms. The predicted molar refractivity (Wildman–Crippen MR) is 53.7 cm³/mol. The number of aliphatic hydroxyl groups is 1. The molecule has 1 aromatic rings. The maximum atomic E-state index is 13.3. The van der Waals surface area contributed by atoms with E-state index in [1.165, 1.54) is 0 Å². The molecule has 0 aliphatic rings. The monoisotopic (exact) mass is 272 g/mol. The Kier molecular flexibility index (Phi) is 4.21. The molecule has 0 spiro atoms. The third-order valence-corrected chi connectivity index (χ3v) is 2.30. The van der Waals surface area contributed by atoms with E-state index in [0.717, 1.165) is 19.2 Å². The van der Waals surface area contributed by atoms with Gasteiger partial charge in [-0.05, 0) is 12.1 Å². The minimum absolute atomic E-state index is 0.0623. The van der Waals surface area contributed by atoms with Crippen molar-refractivity contribution in [2.75, 3.05) is 7.11 Å². The first-order valence-electron chi connectivity index (χ1n) is 4.52. The van der Waals surface area contributed by atoms with Gasteiger partial charge in [0.05, 0.1) is 7.11 Å². The van der Waals surface area contributed by atoms with Crippen molar-refractivity contribution in [1.82, 2.24) is 0 Å². The minimum atomic E-state index is -4.77. The molecule has 1 atom stereocenters. The lowest BCUT2D eigenvalue weighted by molar-refractivity contribution is -0.203. The van der Waals surface area contributed by atoms with Crippen molar-refractivity contribution in [1.29, 1.82) is 0 Å². The van der Waals surface area contributed by atoms with Crippen LogP contribution >= 0.6 is 11.6 Å². The first-order valence-corrected chi connectivity index (χ1v) is 4.90. The number of benzene rings is 1. The Morgan fingerprint density at radius 3 is 2.47 bits per heavy atom. The van der Waals surface area contributed by atoms with Crippen LogP contribution in [-0.4, -0.2) is 24.5 Å². The molecule has 2 nitrogen and oxygen atoms in total. The van der Waals surface area contributed by atoms with Gasteiger partial charge in [0.15, 0.2) is 17.7 Å². The number of alkyl halides is 3. The number of ether oxygens (including phenoxy) is 1. The summed E-state index contributed by atoms with van der Waals surface area (Å²) in [6.45, 7) is 0. The van der Waals surface area contributed by atoms with Crippen LogP contribution in [0.2, 0.25) is 5.02 Å². The Hall–Kier alpha value is -1.01. The van der Waals surface area contributed by atoms with Crippen molar-refractivity contribution in [3.63, 3.8) is 0 Å². The van der Waals surface area contributed by atoms with E-state index >= 15 is 0 Å². The molecule has 0 saturated carbocycles. The first kappa shape index (κ1) is 14.1. The molecule has 1 unspecified atom stereocenters. The van der Waals surface area contributed by atoms with Crippen molar-refractivity contribution in [2.24, 2.45) is 0 Å². The normalized spacial score (nSPS) is 13.6. The molecule has 0 saturated heterocycles. The molecule has 0 bridgehead atoms. The van der Waals surface area contributed by atoms with Gasteiger partial charge < -0.3 is 9.84 Å². The van der Waals surface area contributed by atoms with E-state index < -0.39 is 24.5 Å². The lowest BCUT2D eigenvalue weighted by Crippen LogP contribution is -2.30. The molecule has 1 aromatic carbocycles. The van der Waals surface area contributed by atoms with Crippen molar-refractivity contribution >= 4 is 11.6 Å². The van der Waals surface area contributed by atoms with E-state index in [2.05, 4.69) is 4.74 Å².